The van der Waals surface area contributed by atoms with Crippen LogP contribution in [-0.2, 0) is 14.4 Å². The van der Waals surface area contributed by atoms with Crippen molar-refractivity contribution in [2.45, 2.75) is 51.0 Å². The van der Waals surface area contributed by atoms with Crippen LogP contribution in [0.1, 0.15) is 37.0 Å². The maximum absolute atomic E-state index is 12.5. The number of amides is 3. The fourth-order valence-corrected chi connectivity index (χ4v) is 3.23. The van der Waals surface area contributed by atoms with Gasteiger partial charge in [-0.3, -0.25) is 14.4 Å². The van der Waals surface area contributed by atoms with E-state index in [4.69, 9.17) is 5.73 Å². The number of aryl methyl sites for hydroxylation is 1. The van der Waals surface area contributed by atoms with E-state index in [1.807, 2.05) is 0 Å². The van der Waals surface area contributed by atoms with Gasteiger partial charge < -0.3 is 31.3 Å². The fourth-order valence-electron chi connectivity index (χ4n) is 3.23. The van der Waals surface area contributed by atoms with Crippen molar-refractivity contribution in [2.75, 3.05) is 6.54 Å². The van der Waals surface area contributed by atoms with Crippen molar-refractivity contribution in [3.8, 4) is 5.75 Å². The Morgan fingerprint density at radius 1 is 1.30 bits per heavy atom. The van der Waals surface area contributed by atoms with E-state index in [1.165, 1.54) is 30.0 Å². The number of aliphatic hydroxyl groups excluding tert-OH is 2. The van der Waals surface area contributed by atoms with Crippen LogP contribution in [0.5, 0.6) is 5.75 Å². The molecule has 2 rings (SSSR count). The van der Waals surface area contributed by atoms with Gasteiger partial charge in [0.25, 0.3) is 0 Å². The molecular formula is C18H25N3O6. The van der Waals surface area contributed by atoms with Crippen LogP contribution in [0.2, 0.25) is 0 Å². The van der Waals surface area contributed by atoms with E-state index in [0.29, 0.717) is 24.9 Å². The summed E-state index contributed by atoms with van der Waals surface area (Å²) in [5.74, 6) is -1.87. The number of benzene rings is 1. The molecule has 9 heteroatoms. The van der Waals surface area contributed by atoms with Crippen molar-refractivity contribution < 1.29 is 29.7 Å². The average Bonchev–Trinajstić information content (AvgIpc) is 3.10. The molecule has 1 aliphatic rings. The summed E-state index contributed by atoms with van der Waals surface area (Å²) in [5.41, 5.74) is 6.03. The van der Waals surface area contributed by atoms with Crippen molar-refractivity contribution in [1.82, 2.24) is 10.2 Å². The third-order valence-electron chi connectivity index (χ3n) is 4.79. The number of phenolic OH excluding ortho intramolecular Hbond substituents is 1. The molecule has 0 aromatic heterocycles. The van der Waals surface area contributed by atoms with Gasteiger partial charge in [-0.25, -0.2) is 0 Å². The Labute approximate surface area is 156 Å². The van der Waals surface area contributed by atoms with Crippen molar-refractivity contribution in [1.29, 1.82) is 0 Å². The Balaban J connectivity index is 2.15. The molecule has 1 fully saturated rings. The summed E-state index contributed by atoms with van der Waals surface area (Å²) in [6, 6.07) is 1.91. The molecule has 2 unspecified atom stereocenters. The molecule has 1 heterocycles. The number of nitrogens with one attached hydrogen (secondary N) is 1. The second-order valence-corrected chi connectivity index (χ2v) is 6.74. The topological polar surface area (TPSA) is 153 Å². The summed E-state index contributed by atoms with van der Waals surface area (Å²) < 4.78 is 0. The molecule has 4 atom stereocenters. The van der Waals surface area contributed by atoms with Gasteiger partial charge in [-0.2, -0.15) is 0 Å². The van der Waals surface area contributed by atoms with Crippen LogP contribution in [0.4, 0.5) is 0 Å². The van der Waals surface area contributed by atoms with Gasteiger partial charge in [-0.05, 0) is 43.0 Å². The molecule has 148 valence electrons. The van der Waals surface area contributed by atoms with Crippen LogP contribution in [-0.4, -0.2) is 62.7 Å². The summed E-state index contributed by atoms with van der Waals surface area (Å²) in [6.45, 7) is 3.40. The van der Waals surface area contributed by atoms with Crippen LogP contribution in [0.15, 0.2) is 18.2 Å². The number of aromatic hydroxyl groups is 1. The van der Waals surface area contributed by atoms with Crippen LogP contribution in [0.3, 0.4) is 0 Å². The lowest BCUT2D eigenvalue weighted by atomic mass is 9.96. The molecule has 1 aromatic rings. The molecule has 1 aliphatic heterocycles. The molecular weight excluding hydrogens is 354 g/mol. The maximum atomic E-state index is 12.5. The molecule has 3 amide bonds. The monoisotopic (exact) mass is 379 g/mol. The molecule has 1 aromatic carbocycles. The Morgan fingerprint density at radius 3 is 2.52 bits per heavy atom. The van der Waals surface area contributed by atoms with E-state index in [2.05, 4.69) is 5.32 Å². The van der Waals surface area contributed by atoms with E-state index < -0.39 is 36.1 Å². The smallest absolute Gasteiger partial charge is 0.243 e. The highest BCUT2D eigenvalue weighted by molar-refractivity contribution is 5.92. The lowest BCUT2D eigenvalue weighted by Gasteiger charge is -2.29. The highest BCUT2D eigenvalue weighted by atomic mass is 16.3. The molecule has 0 bridgehead atoms. The van der Waals surface area contributed by atoms with Crippen molar-refractivity contribution in [2.24, 2.45) is 5.73 Å². The molecule has 9 nitrogen and oxygen atoms in total. The SMILES string of the molecule is CC(=O)N1CCCC1C(=O)NC(C(N)=O)[C@H](O)[C@@H](O)c1ccc(O)c(C)c1. The quantitative estimate of drug-likeness (QED) is 0.431. The zero-order valence-electron chi connectivity index (χ0n) is 15.3. The van der Waals surface area contributed by atoms with Crippen LogP contribution in [0, 0.1) is 6.92 Å². The second-order valence-electron chi connectivity index (χ2n) is 6.74. The first-order valence-corrected chi connectivity index (χ1v) is 8.66. The number of rotatable bonds is 6. The number of likely N-dealkylation sites (tertiary alicyclic amines) is 1. The maximum Gasteiger partial charge on any atom is 0.243 e. The Hall–Kier alpha value is -2.65. The van der Waals surface area contributed by atoms with E-state index in [9.17, 15) is 29.7 Å². The zero-order valence-corrected chi connectivity index (χ0v) is 15.3. The third kappa shape index (κ3) is 4.55. The predicted molar refractivity (Wildman–Crippen MR) is 95.3 cm³/mol. The van der Waals surface area contributed by atoms with Crippen LogP contribution < -0.4 is 11.1 Å². The number of hydrogen-bond donors (Lipinski definition) is 5. The zero-order chi connectivity index (χ0) is 20.3. The Bertz CT molecular complexity index is 738. The minimum absolute atomic E-state index is 0.0192. The van der Waals surface area contributed by atoms with Crippen molar-refractivity contribution in [3.63, 3.8) is 0 Å². The van der Waals surface area contributed by atoms with Crippen molar-refractivity contribution in [3.05, 3.63) is 29.3 Å². The largest absolute Gasteiger partial charge is 0.508 e. The summed E-state index contributed by atoms with van der Waals surface area (Å²) in [6.07, 6.45) is -2.14. The number of phenols is 1. The highest BCUT2D eigenvalue weighted by Gasteiger charge is 2.38. The molecule has 6 N–H and O–H groups in total. The highest BCUT2D eigenvalue weighted by Crippen LogP contribution is 2.25. The van der Waals surface area contributed by atoms with Crippen LogP contribution >= 0.6 is 0 Å². The number of hydrogen-bond acceptors (Lipinski definition) is 6. The van der Waals surface area contributed by atoms with E-state index >= 15 is 0 Å². The van der Waals surface area contributed by atoms with Gasteiger partial charge in [0, 0.05) is 13.5 Å². The fraction of sp³-hybridized carbons (Fsp3) is 0.500. The van der Waals surface area contributed by atoms with Gasteiger partial charge in [-0.1, -0.05) is 6.07 Å². The minimum atomic E-state index is -1.71. The molecule has 0 radical (unpaired) electrons. The molecule has 27 heavy (non-hydrogen) atoms. The van der Waals surface area contributed by atoms with Gasteiger partial charge in [-0.15, -0.1) is 0 Å². The number of aliphatic hydroxyl groups is 2. The van der Waals surface area contributed by atoms with Gasteiger partial charge >= 0.3 is 0 Å². The van der Waals surface area contributed by atoms with Gasteiger partial charge in [0.2, 0.25) is 17.7 Å². The lowest BCUT2D eigenvalue weighted by Crippen LogP contribution is -2.57. The Morgan fingerprint density at radius 2 is 1.96 bits per heavy atom. The van der Waals surface area contributed by atoms with E-state index in [1.54, 1.807) is 6.92 Å². The number of nitrogens with zero attached hydrogens (tertiary/aromatic N) is 1. The molecule has 0 saturated carbocycles. The third-order valence-corrected chi connectivity index (χ3v) is 4.79. The summed E-state index contributed by atoms with van der Waals surface area (Å²) in [5, 5.41) is 32.7. The number of carbonyl (C=O) groups excluding carboxylic acids is 3. The average molecular weight is 379 g/mol. The van der Waals surface area contributed by atoms with Crippen LogP contribution in [0.25, 0.3) is 0 Å². The first-order chi connectivity index (χ1) is 12.6. The first kappa shape index (κ1) is 20.7. The van der Waals surface area contributed by atoms with E-state index in [-0.39, 0.29) is 17.2 Å². The van der Waals surface area contributed by atoms with E-state index in [0.717, 1.165) is 0 Å². The first-order valence-electron chi connectivity index (χ1n) is 8.66. The molecule has 1 saturated heterocycles. The second kappa shape index (κ2) is 8.36. The molecule has 0 spiro atoms. The number of carbonyl (C=O) groups is 3. The lowest BCUT2D eigenvalue weighted by molar-refractivity contribution is -0.139. The summed E-state index contributed by atoms with van der Waals surface area (Å²) in [4.78, 5) is 37.3. The Kier molecular flexibility index (Phi) is 6.40. The van der Waals surface area contributed by atoms with Gasteiger partial charge in [0.05, 0.1) is 0 Å². The molecule has 0 aliphatic carbocycles. The summed E-state index contributed by atoms with van der Waals surface area (Å²) in [7, 11) is 0. The normalized spacial score (nSPS) is 20.0. The number of nitrogens with two attached hydrogens (primary N) is 1. The minimum Gasteiger partial charge on any atom is -0.508 e. The van der Waals surface area contributed by atoms with Crippen molar-refractivity contribution >= 4 is 17.7 Å². The van der Waals surface area contributed by atoms with Gasteiger partial charge in [0.1, 0.15) is 30.0 Å². The summed E-state index contributed by atoms with van der Waals surface area (Å²) >= 11 is 0. The van der Waals surface area contributed by atoms with Gasteiger partial charge in [0.15, 0.2) is 0 Å². The standard InChI is InChI=1S/C18H25N3O6/c1-9-8-11(5-6-13(9)23)15(24)16(25)14(17(19)26)20-18(27)12-4-3-7-21(12)10(2)22/h5-6,8,12,14-16,23-25H,3-4,7H2,1-2H3,(H2,19,26)(H,20,27)/t12?,14?,15-,16-/m0/s1. The predicted octanol–water partition coefficient (Wildman–Crippen LogP) is -0.924. The number of primary amides is 1.